The van der Waals surface area contributed by atoms with Crippen LogP contribution in [-0.4, -0.2) is 26.2 Å². The number of carbonyl (C=O) groups is 1. The van der Waals surface area contributed by atoms with Gasteiger partial charge in [0.25, 0.3) is 0 Å². The third kappa shape index (κ3) is 4.57. The Bertz CT molecular complexity index is 1010. The van der Waals surface area contributed by atoms with E-state index in [2.05, 4.69) is 38.8 Å². The molecule has 0 saturated heterocycles. The number of benzene rings is 2. The number of methoxy groups -OCH3 is 1. The number of ether oxygens (including phenoxy) is 1. The van der Waals surface area contributed by atoms with Crippen LogP contribution in [0.4, 0.5) is 0 Å². The Balaban J connectivity index is 2.07. The highest BCUT2D eigenvalue weighted by Gasteiger charge is 2.41. The second kappa shape index (κ2) is 8.09. The van der Waals surface area contributed by atoms with Gasteiger partial charge in [0.05, 0.1) is 7.11 Å². The van der Waals surface area contributed by atoms with Gasteiger partial charge in [-0.25, -0.2) is 0 Å². The van der Waals surface area contributed by atoms with Gasteiger partial charge in [-0.3, -0.25) is 9.78 Å². The quantitative estimate of drug-likeness (QED) is 0.361. The topological polar surface area (TPSA) is 48.4 Å². The standard InChI is InChI=1S/C24H29NO3Si/c1-24(2,3)29(5,6)28-23(22(26)17-11-13-25-14-12-17)20-8-7-19-16-21(27-4)10-9-18(19)15-20/h7-16,23H,1-6H3. The third-order valence-corrected chi connectivity index (χ3v) is 10.2. The number of Topliss-reactive ketones (excluding diaryl/α,β-unsaturated/α-hetero) is 1. The highest BCUT2D eigenvalue weighted by Crippen LogP contribution is 2.41. The van der Waals surface area contributed by atoms with Crippen molar-refractivity contribution in [1.29, 1.82) is 0 Å². The molecule has 3 aromatic rings. The van der Waals surface area contributed by atoms with Gasteiger partial charge in [0.2, 0.25) is 0 Å². The molecule has 0 bridgehead atoms. The minimum atomic E-state index is -2.19. The Labute approximate surface area is 174 Å². The second-order valence-electron chi connectivity index (χ2n) is 8.83. The first-order valence-electron chi connectivity index (χ1n) is 9.82. The van der Waals surface area contributed by atoms with Gasteiger partial charge in [-0.1, -0.05) is 39.0 Å². The molecule has 1 heterocycles. The van der Waals surface area contributed by atoms with Gasteiger partial charge in [0, 0.05) is 18.0 Å². The maximum Gasteiger partial charge on any atom is 0.195 e. The zero-order chi connectivity index (χ0) is 21.2. The summed E-state index contributed by atoms with van der Waals surface area (Å²) < 4.78 is 12.0. The summed E-state index contributed by atoms with van der Waals surface area (Å²) in [6.45, 7) is 10.9. The minimum Gasteiger partial charge on any atom is -0.497 e. The first kappa shape index (κ1) is 21.2. The molecule has 0 saturated carbocycles. The molecule has 0 fully saturated rings. The smallest absolute Gasteiger partial charge is 0.195 e. The van der Waals surface area contributed by atoms with E-state index in [-0.39, 0.29) is 10.8 Å². The molecule has 4 nitrogen and oxygen atoms in total. The van der Waals surface area contributed by atoms with E-state index in [1.807, 2.05) is 36.4 Å². The zero-order valence-corrected chi connectivity index (χ0v) is 19.0. The molecule has 1 unspecified atom stereocenters. The van der Waals surface area contributed by atoms with Crippen LogP contribution in [0.15, 0.2) is 60.9 Å². The zero-order valence-electron chi connectivity index (χ0n) is 18.0. The number of hydrogen-bond acceptors (Lipinski definition) is 4. The molecular formula is C24H29NO3Si. The molecule has 0 amide bonds. The SMILES string of the molecule is COc1ccc2cc(C(O[Si](C)(C)C(C)(C)C)C(=O)c3ccncc3)ccc2c1. The Morgan fingerprint density at radius 1 is 0.966 bits per heavy atom. The van der Waals surface area contributed by atoms with E-state index in [1.54, 1.807) is 31.6 Å². The summed E-state index contributed by atoms with van der Waals surface area (Å²) in [6.07, 6.45) is 2.64. The van der Waals surface area contributed by atoms with Crippen molar-refractivity contribution in [2.75, 3.05) is 7.11 Å². The molecule has 1 aromatic heterocycles. The number of hydrogen-bond donors (Lipinski definition) is 0. The summed E-state index contributed by atoms with van der Waals surface area (Å²) in [6, 6.07) is 15.5. The van der Waals surface area contributed by atoms with Gasteiger partial charge in [-0.15, -0.1) is 0 Å². The van der Waals surface area contributed by atoms with E-state index in [9.17, 15) is 4.79 Å². The van der Waals surface area contributed by atoms with Crippen LogP contribution in [0, 0.1) is 0 Å². The van der Waals surface area contributed by atoms with Crippen molar-refractivity contribution in [3.05, 3.63) is 72.1 Å². The van der Waals surface area contributed by atoms with Crippen molar-refractivity contribution >= 4 is 24.9 Å². The van der Waals surface area contributed by atoms with Crippen LogP contribution in [0.1, 0.15) is 42.8 Å². The summed E-state index contributed by atoms with van der Waals surface area (Å²) >= 11 is 0. The van der Waals surface area contributed by atoms with Gasteiger partial charge in [-0.05, 0) is 64.8 Å². The number of carbonyl (C=O) groups excluding carboxylic acids is 1. The van der Waals surface area contributed by atoms with Crippen LogP contribution >= 0.6 is 0 Å². The average Bonchev–Trinajstić information content (AvgIpc) is 2.70. The minimum absolute atomic E-state index is 0.00596. The van der Waals surface area contributed by atoms with E-state index >= 15 is 0 Å². The van der Waals surface area contributed by atoms with Crippen LogP contribution in [0.3, 0.4) is 0 Å². The van der Waals surface area contributed by atoms with Crippen LogP contribution < -0.4 is 4.74 Å². The Hall–Kier alpha value is -2.50. The van der Waals surface area contributed by atoms with E-state index in [0.29, 0.717) is 5.56 Å². The summed E-state index contributed by atoms with van der Waals surface area (Å²) in [5.74, 6) is 0.775. The van der Waals surface area contributed by atoms with Crippen LogP contribution in [0.2, 0.25) is 18.1 Å². The average molecular weight is 408 g/mol. The first-order chi connectivity index (χ1) is 13.6. The van der Waals surface area contributed by atoms with Crippen molar-refractivity contribution in [1.82, 2.24) is 4.98 Å². The van der Waals surface area contributed by atoms with E-state index < -0.39 is 14.4 Å². The maximum absolute atomic E-state index is 13.4. The highest BCUT2D eigenvalue weighted by atomic mass is 28.4. The fourth-order valence-electron chi connectivity index (χ4n) is 2.94. The molecule has 2 aromatic carbocycles. The van der Waals surface area contributed by atoms with Gasteiger partial charge in [0.15, 0.2) is 14.1 Å². The third-order valence-electron chi connectivity index (χ3n) is 5.80. The second-order valence-corrected chi connectivity index (χ2v) is 13.6. The summed E-state index contributed by atoms with van der Waals surface area (Å²) in [5.41, 5.74) is 1.48. The molecule has 0 aliphatic rings. The molecule has 152 valence electrons. The predicted octanol–water partition coefficient (Wildman–Crippen LogP) is 6.19. The molecule has 1 atom stereocenters. The van der Waals surface area contributed by atoms with E-state index in [4.69, 9.17) is 9.16 Å². The monoisotopic (exact) mass is 407 g/mol. The fourth-order valence-corrected chi connectivity index (χ4v) is 4.13. The highest BCUT2D eigenvalue weighted by molar-refractivity contribution is 6.74. The van der Waals surface area contributed by atoms with Crippen LogP contribution in [0.25, 0.3) is 10.8 Å². The number of ketones is 1. The Morgan fingerprint density at radius 3 is 2.21 bits per heavy atom. The van der Waals surface area contributed by atoms with Crippen molar-refractivity contribution < 1.29 is 14.0 Å². The maximum atomic E-state index is 13.4. The summed E-state index contributed by atoms with van der Waals surface area (Å²) in [7, 11) is -0.526. The molecular weight excluding hydrogens is 378 g/mol. The van der Waals surface area contributed by atoms with Crippen molar-refractivity contribution in [2.45, 2.75) is 45.0 Å². The molecule has 0 aliphatic carbocycles. The van der Waals surface area contributed by atoms with Gasteiger partial charge < -0.3 is 9.16 Å². The van der Waals surface area contributed by atoms with Crippen LogP contribution in [0.5, 0.6) is 5.75 Å². The Morgan fingerprint density at radius 2 is 1.59 bits per heavy atom. The number of rotatable bonds is 6. The number of aromatic nitrogens is 1. The molecule has 29 heavy (non-hydrogen) atoms. The molecule has 0 aliphatic heterocycles. The lowest BCUT2D eigenvalue weighted by atomic mass is 9.98. The summed E-state index contributed by atoms with van der Waals surface area (Å²) in [4.78, 5) is 17.5. The normalized spacial score (nSPS) is 13.3. The first-order valence-corrected chi connectivity index (χ1v) is 12.7. The number of nitrogens with zero attached hydrogens (tertiary/aromatic N) is 1. The Kier molecular flexibility index (Phi) is 5.92. The van der Waals surface area contributed by atoms with Gasteiger partial charge >= 0.3 is 0 Å². The molecule has 0 N–H and O–H groups in total. The van der Waals surface area contributed by atoms with Crippen molar-refractivity contribution in [3.8, 4) is 5.75 Å². The van der Waals surface area contributed by atoms with Crippen molar-refractivity contribution in [2.24, 2.45) is 0 Å². The van der Waals surface area contributed by atoms with Crippen molar-refractivity contribution in [3.63, 3.8) is 0 Å². The van der Waals surface area contributed by atoms with E-state index in [1.165, 1.54) is 0 Å². The molecule has 3 rings (SSSR count). The van der Waals surface area contributed by atoms with Gasteiger partial charge in [-0.2, -0.15) is 0 Å². The molecule has 0 radical (unpaired) electrons. The fraction of sp³-hybridized carbons (Fsp3) is 0.333. The largest absolute Gasteiger partial charge is 0.497 e. The van der Waals surface area contributed by atoms with E-state index in [0.717, 1.165) is 22.1 Å². The molecule has 0 spiro atoms. The van der Waals surface area contributed by atoms with Crippen LogP contribution in [-0.2, 0) is 4.43 Å². The van der Waals surface area contributed by atoms with Gasteiger partial charge in [0.1, 0.15) is 11.9 Å². The number of pyridine rings is 1. The molecule has 5 heteroatoms. The predicted molar refractivity (Wildman–Crippen MR) is 120 cm³/mol. The lowest BCUT2D eigenvalue weighted by Crippen LogP contribution is -2.43. The lowest BCUT2D eigenvalue weighted by molar-refractivity contribution is 0.0767. The number of fused-ring (bicyclic) bond motifs is 1. The lowest BCUT2D eigenvalue weighted by Gasteiger charge is -2.39. The summed E-state index contributed by atoms with van der Waals surface area (Å²) in [5, 5.41) is 2.11.